The average molecular weight is 196 g/mol. The summed E-state index contributed by atoms with van der Waals surface area (Å²) in [7, 11) is 1.14. The van der Waals surface area contributed by atoms with Crippen LogP contribution < -0.4 is 4.74 Å². The highest BCUT2D eigenvalue weighted by atomic mass is 16.7. The van der Waals surface area contributed by atoms with Gasteiger partial charge in [0, 0.05) is 5.56 Å². The van der Waals surface area contributed by atoms with Gasteiger partial charge in [-0.15, -0.1) is 0 Å². The summed E-state index contributed by atoms with van der Waals surface area (Å²) >= 11 is 0. The van der Waals surface area contributed by atoms with E-state index in [4.69, 9.17) is 0 Å². The molecule has 1 aromatic carbocycles. The molecule has 0 bridgehead atoms. The first-order valence-electron chi connectivity index (χ1n) is 3.71. The van der Waals surface area contributed by atoms with E-state index in [-0.39, 0.29) is 11.5 Å². The van der Waals surface area contributed by atoms with Gasteiger partial charge in [-0.1, -0.05) is 0 Å². The van der Waals surface area contributed by atoms with Crippen LogP contribution in [0.1, 0.15) is 10.4 Å². The molecule has 0 atom stereocenters. The molecular weight excluding hydrogens is 188 g/mol. The van der Waals surface area contributed by atoms with Gasteiger partial charge in [-0.25, -0.2) is 4.79 Å². The highest BCUT2D eigenvalue weighted by Gasteiger charge is 2.09. The number of rotatable bonds is 2. The predicted molar refractivity (Wildman–Crippen MR) is 46.5 cm³/mol. The molecule has 1 N–H and O–H groups in total. The summed E-state index contributed by atoms with van der Waals surface area (Å²) in [6.45, 7) is 0. The van der Waals surface area contributed by atoms with Crippen molar-refractivity contribution in [2.75, 3.05) is 7.11 Å². The summed E-state index contributed by atoms with van der Waals surface area (Å²) in [5, 5.41) is 9.23. The van der Waals surface area contributed by atoms with E-state index in [1.807, 2.05) is 0 Å². The summed E-state index contributed by atoms with van der Waals surface area (Å²) in [5.74, 6) is -0.345. The second-order valence-electron chi connectivity index (χ2n) is 2.40. The number of methoxy groups -OCH3 is 1. The Balaban J connectivity index is 2.94. The fourth-order valence-electron chi connectivity index (χ4n) is 0.817. The Morgan fingerprint density at radius 1 is 1.50 bits per heavy atom. The first-order valence-corrected chi connectivity index (χ1v) is 3.71. The van der Waals surface area contributed by atoms with Crippen LogP contribution in [0.15, 0.2) is 18.2 Å². The molecule has 0 spiro atoms. The molecule has 0 heterocycles. The lowest BCUT2D eigenvalue weighted by molar-refractivity contribution is 0.111. The number of hydrogen-bond acceptors (Lipinski definition) is 5. The SMILES string of the molecule is COC(=O)Oc1cc(C=O)ccc1O. The molecule has 0 aromatic heterocycles. The number of phenols is 1. The van der Waals surface area contributed by atoms with Crippen molar-refractivity contribution in [2.24, 2.45) is 0 Å². The molecule has 0 radical (unpaired) electrons. The van der Waals surface area contributed by atoms with E-state index in [9.17, 15) is 14.7 Å². The molecule has 0 aliphatic heterocycles. The van der Waals surface area contributed by atoms with Crippen molar-refractivity contribution in [3.8, 4) is 11.5 Å². The third-order valence-electron chi connectivity index (χ3n) is 1.48. The van der Waals surface area contributed by atoms with E-state index in [2.05, 4.69) is 9.47 Å². The van der Waals surface area contributed by atoms with Gasteiger partial charge in [0.2, 0.25) is 0 Å². The molecule has 0 aliphatic rings. The maximum Gasteiger partial charge on any atom is 0.513 e. The van der Waals surface area contributed by atoms with Gasteiger partial charge in [0.05, 0.1) is 7.11 Å². The summed E-state index contributed by atoms with van der Waals surface area (Å²) in [6, 6.07) is 3.88. The largest absolute Gasteiger partial charge is 0.513 e. The van der Waals surface area contributed by atoms with Crippen LogP contribution in [0.5, 0.6) is 11.5 Å². The summed E-state index contributed by atoms with van der Waals surface area (Å²) < 4.78 is 8.79. The molecule has 1 rings (SSSR count). The molecular formula is C9H8O5. The van der Waals surface area contributed by atoms with Gasteiger partial charge in [0.15, 0.2) is 11.5 Å². The second-order valence-corrected chi connectivity index (χ2v) is 2.40. The number of aromatic hydroxyl groups is 1. The summed E-state index contributed by atoms with van der Waals surface area (Å²) in [6.07, 6.45) is -0.382. The Morgan fingerprint density at radius 3 is 2.79 bits per heavy atom. The molecule has 0 aliphatic carbocycles. The van der Waals surface area contributed by atoms with Crippen LogP contribution in [0, 0.1) is 0 Å². The van der Waals surface area contributed by atoms with Gasteiger partial charge in [-0.2, -0.15) is 0 Å². The molecule has 1 aromatic rings. The minimum absolute atomic E-state index is 0.110. The first-order chi connectivity index (χ1) is 6.67. The highest BCUT2D eigenvalue weighted by Crippen LogP contribution is 2.26. The second kappa shape index (κ2) is 4.27. The zero-order valence-corrected chi connectivity index (χ0v) is 7.39. The van der Waals surface area contributed by atoms with Crippen molar-refractivity contribution in [3.63, 3.8) is 0 Å². The van der Waals surface area contributed by atoms with Crippen molar-refractivity contribution in [2.45, 2.75) is 0 Å². The predicted octanol–water partition coefficient (Wildman–Crippen LogP) is 1.35. The van der Waals surface area contributed by atoms with Gasteiger partial charge in [0.1, 0.15) is 6.29 Å². The number of carbonyl (C=O) groups is 2. The lowest BCUT2D eigenvalue weighted by atomic mass is 10.2. The van der Waals surface area contributed by atoms with E-state index in [0.717, 1.165) is 7.11 Å². The zero-order valence-electron chi connectivity index (χ0n) is 7.39. The van der Waals surface area contributed by atoms with Crippen molar-refractivity contribution in [3.05, 3.63) is 23.8 Å². The molecule has 14 heavy (non-hydrogen) atoms. The topological polar surface area (TPSA) is 72.8 Å². The van der Waals surface area contributed by atoms with E-state index >= 15 is 0 Å². The van der Waals surface area contributed by atoms with Crippen LogP contribution in [0.4, 0.5) is 4.79 Å². The number of benzene rings is 1. The van der Waals surface area contributed by atoms with E-state index in [1.54, 1.807) is 0 Å². The van der Waals surface area contributed by atoms with Gasteiger partial charge < -0.3 is 14.6 Å². The van der Waals surface area contributed by atoms with Crippen LogP contribution in [0.2, 0.25) is 0 Å². The quantitative estimate of drug-likeness (QED) is 0.439. The molecule has 0 saturated carbocycles. The van der Waals surface area contributed by atoms with Crippen molar-refractivity contribution >= 4 is 12.4 Å². The van der Waals surface area contributed by atoms with Crippen LogP contribution in [0.25, 0.3) is 0 Å². The summed E-state index contributed by atoms with van der Waals surface area (Å²) in [4.78, 5) is 21.1. The first kappa shape index (κ1) is 10.0. The Kier molecular flexibility index (Phi) is 3.06. The van der Waals surface area contributed by atoms with Crippen LogP contribution in [0.3, 0.4) is 0 Å². The Labute approximate surface area is 79.9 Å². The fraction of sp³-hybridized carbons (Fsp3) is 0.111. The minimum Gasteiger partial charge on any atom is -0.504 e. The van der Waals surface area contributed by atoms with Crippen LogP contribution in [-0.2, 0) is 4.74 Å². The monoisotopic (exact) mass is 196 g/mol. The molecule has 0 unspecified atom stereocenters. The summed E-state index contributed by atoms with van der Waals surface area (Å²) in [5.41, 5.74) is 0.293. The lowest BCUT2D eigenvalue weighted by Gasteiger charge is -2.04. The van der Waals surface area contributed by atoms with Crippen molar-refractivity contribution < 1.29 is 24.2 Å². The van der Waals surface area contributed by atoms with Crippen LogP contribution >= 0.6 is 0 Å². The van der Waals surface area contributed by atoms with Gasteiger partial charge in [0.25, 0.3) is 0 Å². The highest BCUT2D eigenvalue weighted by molar-refractivity contribution is 5.77. The Morgan fingerprint density at radius 2 is 2.21 bits per heavy atom. The van der Waals surface area contributed by atoms with Crippen molar-refractivity contribution in [1.29, 1.82) is 0 Å². The van der Waals surface area contributed by atoms with Gasteiger partial charge >= 0.3 is 6.16 Å². The standard InChI is InChI=1S/C9H8O5/c1-13-9(12)14-8-4-6(5-10)2-3-7(8)11/h2-5,11H,1H3. The fourth-order valence-corrected chi connectivity index (χ4v) is 0.817. The number of aldehydes is 1. The zero-order chi connectivity index (χ0) is 10.6. The van der Waals surface area contributed by atoms with E-state index in [0.29, 0.717) is 11.8 Å². The maximum atomic E-state index is 10.7. The molecule has 0 fully saturated rings. The maximum absolute atomic E-state index is 10.7. The smallest absolute Gasteiger partial charge is 0.504 e. The normalized spacial score (nSPS) is 9.21. The number of hydrogen-bond donors (Lipinski definition) is 1. The van der Waals surface area contributed by atoms with Gasteiger partial charge in [-0.3, -0.25) is 4.79 Å². The Hall–Kier alpha value is -2.04. The molecule has 0 amide bonds. The molecule has 74 valence electrons. The third kappa shape index (κ3) is 2.22. The third-order valence-corrected chi connectivity index (χ3v) is 1.48. The minimum atomic E-state index is -0.955. The lowest BCUT2D eigenvalue weighted by Crippen LogP contribution is -2.07. The number of carbonyl (C=O) groups excluding carboxylic acids is 2. The molecule has 5 heteroatoms. The Bertz CT molecular complexity index is 358. The van der Waals surface area contributed by atoms with Gasteiger partial charge in [-0.05, 0) is 18.2 Å². The van der Waals surface area contributed by atoms with E-state index < -0.39 is 6.16 Å². The molecule has 5 nitrogen and oxygen atoms in total. The van der Waals surface area contributed by atoms with Crippen molar-refractivity contribution in [1.82, 2.24) is 0 Å². The van der Waals surface area contributed by atoms with Crippen LogP contribution in [-0.4, -0.2) is 24.7 Å². The number of phenolic OH excluding ortho intramolecular Hbond substituents is 1. The van der Waals surface area contributed by atoms with E-state index in [1.165, 1.54) is 18.2 Å². The molecule has 0 saturated heterocycles. The average Bonchev–Trinajstić information content (AvgIpc) is 2.21. The number of ether oxygens (including phenoxy) is 2.